The van der Waals surface area contributed by atoms with E-state index in [1.165, 1.54) is 5.56 Å². The molecule has 100 valence electrons. The van der Waals surface area contributed by atoms with Crippen molar-refractivity contribution in [1.29, 1.82) is 0 Å². The summed E-state index contributed by atoms with van der Waals surface area (Å²) < 4.78 is 0. The van der Waals surface area contributed by atoms with Crippen molar-refractivity contribution >= 4 is 5.69 Å². The molecule has 0 fully saturated rings. The number of hydrogen-bond acceptors (Lipinski definition) is 2. The summed E-state index contributed by atoms with van der Waals surface area (Å²) >= 11 is 0. The zero-order chi connectivity index (χ0) is 13.7. The molecule has 0 bridgehead atoms. The highest BCUT2D eigenvalue weighted by Crippen LogP contribution is 2.27. The Balaban J connectivity index is 2.19. The Bertz CT molecular complexity index is 508. The van der Waals surface area contributed by atoms with E-state index in [4.69, 9.17) is 0 Å². The Morgan fingerprint density at radius 2 is 1.74 bits per heavy atom. The zero-order valence-corrected chi connectivity index (χ0v) is 11.5. The molecule has 0 saturated carbocycles. The van der Waals surface area contributed by atoms with Crippen LogP contribution < -0.4 is 5.32 Å². The van der Waals surface area contributed by atoms with Crippen LogP contribution in [0.3, 0.4) is 0 Å². The molecule has 0 aliphatic heterocycles. The molecule has 0 aliphatic carbocycles. The Labute approximate surface area is 115 Å². The van der Waals surface area contributed by atoms with Gasteiger partial charge in [0.25, 0.3) is 0 Å². The van der Waals surface area contributed by atoms with E-state index < -0.39 is 0 Å². The van der Waals surface area contributed by atoms with Crippen molar-refractivity contribution < 1.29 is 5.11 Å². The average Bonchev–Trinajstić information content (AvgIpc) is 2.38. The number of aromatic hydroxyl groups is 1. The third-order valence-electron chi connectivity index (χ3n) is 3.10. The number of phenolic OH excluding ortho intramolecular Hbond substituents is 1. The fourth-order valence-electron chi connectivity index (χ4n) is 2.23. The van der Waals surface area contributed by atoms with Crippen molar-refractivity contribution in [2.45, 2.75) is 26.3 Å². The second-order valence-corrected chi connectivity index (χ2v) is 5.29. The van der Waals surface area contributed by atoms with Gasteiger partial charge in [0.1, 0.15) is 5.75 Å². The number of hydrogen-bond donors (Lipinski definition) is 2. The van der Waals surface area contributed by atoms with Crippen LogP contribution in [0.1, 0.15) is 31.9 Å². The minimum Gasteiger partial charge on any atom is -0.508 e. The Hall–Kier alpha value is -1.96. The first-order valence-corrected chi connectivity index (χ1v) is 6.75. The molecule has 1 atom stereocenters. The Morgan fingerprint density at radius 1 is 1.00 bits per heavy atom. The smallest absolute Gasteiger partial charge is 0.117 e. The van der Waals surface area contributed by atoms with Crippen molar-refractivity contribution in [3.05, 3.63) is 60.2 Å². The van der Waals surface area contributed by atoms with Gasteiger partial charge >= 0.3 is 0 Å². The van der Waals surface area contributed by atoms with E-state index in [9.17, 15) is 5.11 Å². The second kappa shape index (κ2) is 6.28. The van der Waals surface area contributed by atoms with Gasteiger partial charge < -0.3 is 10.4 Å². The molecule has 2 N–H and O–H groups in total. The predicted octanol–water partition coefficient (Wildman–Crippen LogP) is 4.59. The van der Waals surface area contributed by atoms with Crippen molar-refractivity contribution in [3.8, 4) is 5.75 Å². The summed E-state index contributed by atoms with van der Waals surface area (Å²) in [4.78, 5) is 0. The molecule has 0 amide bonds. The summed E-state index contributed by atoms with van der Waals surface area (Å²) in [5.74, 6) is 0.899. The molecule has 19 heavy (non-hydrogen) atoms. The molecular formula is C17H21NO. The minimum atomic E-state index is 0.267. The molecule has 0 spiro atoms. The first-order valence-electron chi connectivity index (χ1n) is 6.75. The van der Waals surface area contributed by atoms with E-state index >= 15 is 0 Å². The molecule has 2 aromatic rings. The van der Waals surface area contributed by atoms with Crippen LogP contribution in [0.4, 0.5) is 5.69 Å². The van der Waals surface area contributed by atoms with Gasteiger partial charge in [-0.05, 0) is 30.0 Å². The van der Waals surface area contributed by atoms with E-state index in [2.05, 4.69) is 43.4 Å². The number of anilines is 1. The van der Waals surface area contributed by atoms with E-state index in [1.54, 1.807) is 12.1 Å². The van der Waals surface area contributed by atoms with Gasteiger partial charge in [-0.2, -0.15) is 0 Å². The third-order valence-corrected chi connectivity index (χ3v) is 3.10. The van der Waals surface area contributed by atoms with Gasteiger partial charge in [0, 0.05) is 11.8 Å². The normalized spacial score (nSPS) is 12.4. The first-order chi connectivity index (χ1) is 9.15. The van der Waals surface area contributed by atoms with Crippen molar-refractivity contribution in [2.75, 3.05) is 5.32 Å². The quantitative estimate of drug-likeness (QED) is 0.819. The van der Waals surface area contributed by atoms with Gasteiger partial charge in [0.15, 0.2) is 0 Å². The third kappa shape index (κ3) is 4.02. The maximum Gasteiger partial charge on any atom is 0.117 e. The van der Waals surface area contributed by atoms with Crippen molar-refractivity contribution in [2.24, 2.45) is 5.92 Å². The standard InChI is InChI=1S/C17H21NO/c1-13(2)11-17(14-7-4-3-5-8-14)18-15-9-6-10-16(19)12-15/h3-10,12-13,17-19H,11H2,1-2H3. The van der Waals surface area contributed by atoms with Crippen LogP contribution in [0.2, 0.25) is 0 Å². The van der Waals surface area contributed by atoms with Gasteiger partial charge in [-0.3, -0.25) is 0 Å². The van der Waals surface area contributed by atoms with Gasteiger partial charge in [-0.15, -0.1) is 0 Å². The van der Waals surface area contributed by atoms with Gasteiger partial charge in [-0.25, -0.2) is 0 Å². The van der Waals surface area contributed by atoms with E-state index in [0.717, 1.165) is 12.1 Å². The molecule has 2 aromatic carbocycles. The molecule has 2 nitrogen and oxygen atoms in total. The lowest BCUT2D eigenvalue weighted by molar-refractivity contribution is 0.475. The van der Waals surface area contributed by atoms with E-state index in [0.29, 0.717) is 11.7 Å². The summed E-state index contributed by atoms with van der Waals surface area (Å²) in [5.41, 5.74) is 2.23. The highest BCUT2D eigenvalue weighted by molar-refractivity contribution is 5.49. The molecule has 0 aliphatic rings. The average molecular weight is 255 g/mol. The molecule has 0 radical (unpaired) electrons. The lowest BCUT2D eigenvalue weighted by Crippen LogP contribution is -2.13. The first kappa shape index (κ1) is 13.5. The lowest BCUT2D eigenvalue weighted by Gasteiger charge is -2.22. The van der Waals surface area contributed by atoms with Crippen molar-refractivity contribution in [3.63, 3.8) is 0 Å². The zero-order valence-electron chi connectivity index (χ0n) is 11.5. The summed E-state index contributed by atoms with van der Waals surface area (Å²) in [5, 5.41) is 13.0. The van der Waals surface area contributed by atoms with E-state index in [-0.39, 0.29) is 6.04 Å². The molecule has 1 unspecified atom stereocenters. The predicted molar refractivity (Wildman–Crippen MR) is 80.4 cm³/mol. The fraction of sp³-hybridized carbons (Fsp3) is 0.294. The largest absolute Gasteiger partial charge is 0.508 e. The maximum absolute atomic E-state index is 9.54. The molecule has 0 heterocycles. The minimum absolute atomic E-state index is 0.267. The molecule has 2 heteroatoms. The number of benzene rings is 2. The topological polar surface area (TPSA) is 32.3 Å². The van der Waals surface area contributed by atoms with Gasteiger partial charge in [0.2, 0.25) is 0 Å². The lowest BCUT2D eigenvalue weighted by atomic mass is 9.97. The summed E-state index contributed by atoms with van der Waals surface area (Å²) in [7, 11) is 0. The van der Waals surface area contributed by atoms with Crippen LogP contribution in [0.15, 0.2) is 54.6 Å². The molecule has 0 saturated heterocycles. The number of nitrogens with one attached hydrogen (secondary N) is 1. The summed E-state index contributed by atoms with van der Waals surface area (Å²) in [6, 6.07) is 18.0. The van der Waals surface area contributed by atoms with Crippen LogP contribution in [-0.2, 0) is 0 Å². The summed E-state index contributed by atoms with van der Waals surface area (Å²) in [6.45, 7) is 4.44. The second-order valence-electron chi connectivity index (χ2n) is 5.29. The maximum atomic E-state index is 9.54. The molecule has 2 rings (SSSR count). The monoisotopic (exact) mass is 255 g/mol. The van der Waals surface area contributed by atoms with Crippen molar-refractivity contribution in [1.82, 2.24) is 0 Å². The molecule has 0 aromatic heterocycles. The number of phenols is 1. The molecular weight excluding hydrogens is 234 g/mol. The van der Waals surface area contributed by atoms with E-state index in [1.807, 2.05) is 18.2 Å². The highest BCUT2D eigenvalue weighted by Gasteiger charge is 2.13. The highest BCUT2D eigenvalue weighted by atomic mass is 16.3. The number of rotatable bonds is 5. The van der Waals surface area contributed by atoms with Gasteiger partial charge in [-0.1, -0.05) is 50.2 Å². The summed E-state index contributed by atoms with van der Waals surface area (Å²) in [6.07, 6.45) is 1.06. The van der Waals surface area contributed by atoms with Gasteiger partial charge in [0.05, 0.1) is 6.04 Å². The van der Waals surface area contributed by atoms with Crippen LogP contribution in [0.5, 0.6) is 5.75 Å². The SMILES string of the molecule is CC(C)CC(Nc1cccc(O)c1)c1ccccc1. The Kier molecular flexibility index (Phi) is 4.45. The van der Waals surface area contributed by atoms with Crippen LogP contribution in [-0.4, -0.2) is 5.11 Å². The Morgan fingerprint density at radius 3 is 2.37 bits per heavy atom. The van der Waals surface area contributed by atoms with Crippen LogP contribution in [0.25, 0.3) is 0 Å². The van der Waals surface area contributed by atoms with Crippen LogP contribution >= 0.6 is 0 Å². The fourth-order valence-corrected chi connectivity index (χ4v) is 2.23. The van der Waals surface area contributed by atoms with Crippen LogP contribution in [0, 0.1) is 5.92 Å².